The number of ketones is 1. The van der Waals surface area contributed by atoms with Crippen LogP contribution in [0.3, 0.4) is 0 Å². The SMILES string of the molecule is O=C(c1c(F)ccc(N2CCCC2)c1F)c1c[nH]c2ncc(-c3cnc(N4CCC(O)CC4)nc3)cc12. The van der Waals surface area contributed by atoms with E-state index in [1.165, 1.54) is 12.3 Å². The van der Waals surface area contributed by atoms with Crippen LogP contribution in [0.25, 0.3) is 22.2 Å². The minimum Gasteiger partial charge on any atom is -0.393 e. The number of hydrogen-bond acceptors (Lipinski definition) is 7. The average molecular weight is 505 g/mol. The third-order valence-corrected chi connectivity index (χ3v) is 7.24. The van der Waals surface area contributed by atoms with Gasteiger partial charge in [-0.05, 0) is 43.9 Å². The molecule has 0 spiro atoms. The van der Waals surface area contributed by atoms with Gasteiger partial charge in [-0.3, -0.25) is 4.79 Å². The summed E-state index contributed by atoms with van der Waals surface area (Å²) in [5.41, 5.74) is 1.64. The molecule has 0 radical (unpaired) electrons. The number of aromatic amines is 1. The predicted molar refractivity (Wildman–Crippen MR) is 136 cm³/mol. The van der Waals surface area contributed by atoms with E-state index in [0.717, 1.165) is 18.9 Å². The maximum atomic E-state index is 15.4. The Morgan fingerprint density at radius 1 is 0.946 bits per heavy atom. The lowest BCUT2D eigenvalue weighted by Gasteiger charge is -2.29. The minimum atomic E-state index is -0.891. The van der Waals surface area contributed by atoms with Gasteiger partial charge in [0.2, 0.25) is 11.7 Å². The number of pyridine rings is 1. The fourth-order valence-electron chi connectivity index (χ4n) is 5.14. The van der Waals surface area contributed by atoms with E-state index in [1.807, 2.05) is 9.80 Å². The number of anilines is 2. The fourth-order valence-corrected chi connectivity index (χ4v) is 5.14. The van der Waals surface area contributed by atoms with Crippen molar-refractivity contribution in [2.75, 3.05) is 36.0 Å². The number of piperidine rings is 1. The Kier molecular flexibility index (Phi) is 6.03. The molecule has 0 aliphatic carbocycles. The van der Waals surface area contributed by atoms with E-state index in [2.05, 4.69) is 19.9 Å². The van der Waals surface area contributed by atoms with Gasteiger partial charge in [0.1, 0.15) is 11.5 Å². The Hall–Kier alpha value is -3.92. The van der Waals surface area contributed by atoms with Crippen molar-refractivity contribution >= 4 is 28.5 Å². The number of aromatic nitrogens is 4. The second kappa shape index (κ2) is 9.51. The number of carbonyl (C=O) groups excluding carboxylic acids is 1. The molecule has 8 nitrogen and oxygen atoms in total. The Morgan fingerprint density at radius 2 is 1.65 bits per heavy atom. The topological polar surface area (TPSA) is 98.2 Å². The molecular formula is C27H26F2N6O2. The van der Waals surface area contributed by atoms with E-state index in [1.54, 1.807) is 24.7 Å². The van der Waals surface area contributed by atoms with Crippen LogP contribution in [-0.4, -0.2) is 63.1 Å². The van der Waals surface area contributed by atoms with Crippen molar-refractivity contribution in [3.05, 3.63) is 65.7 Å². The molecule has 37 heavy (non-hydrogen) atoms. The number of hydrogen-bond donors (Lipinski definition) is 2. The number of benzene rings is 1. The summed E-state index contributed by atoms with van der Waals surface area (Å²) >= 11 is 0. The van der Waals surface area contributed by atoms with E-state index < -0.39 is 23.0 Å². The summed E-state index contributed by atoms with van der Waals surface area (Å²) in [6.07, 6.45) is 9.39. The van der Waals surface area contributed by atoms with Gasteiger partial charge < -0.3 is 19.9 Å². The molecule has 6 rings (SSSR count). The Labute approximate surface area is 212 Å². The number of aliphatic hydroxyl groups is 1. The average Bonchev–Trinajstić information content (AvgIpc) is 3.59. The van der Waals surface area contributed by atoms with Crippen LogP contribution in [0.1, 0.15) is 41.6 Å². The van der Waals surface area contributed by atoms with Crippen molar-refractivity contribution < 1.29 is 18.7 Å². The summed E-state index contributed by atoms with van der Waals surface area (Å²) in [5.74, 6) is -1.87. The van der Waals surface area contributed by atoms with Gasteiger partial charge in [-0.25, -0.2) is 23.7 Å². The van der Waals surface area contributed by atoms with Crippen molar-refractivity contribution in [3.8, 4) is 11.1 Å². The Bertz CT molecular complexity index is 1460. The lowest BCUT2D eigenvalue weighted by atomic mass is 10.00. The normalized spacial score (nSPS) is 16.6. The van der Waals surface area contributed by atoms with Gasteiger partial charge in [-0.1, -0.05) is 0 Å². The van der Waals surface area contributed by atoms with Crippen molar-refractivity contribution in [2.45, 2.75) is 31.8 Å². The highest BCUT2D eigenvalue weighted by atomic mass is 19.1. The van der Waals surface area contributed by atoms with Crippen LogP contribution in [0.15, 0.2) is 43.0 Å². The monoisotopic (exact) mass is 504 g/mol. The number of rotatable bonds is 5. The van der Waals surface area contributed by atoms with Crippen molar-refractivity contribution in [1.82, 2.24) is 19.9 Å². The van der Waals surface area contributed by atoms with E-state index in [-0.39, 0.29) is 17.4 Å². The van der Waals surface area contributed by atoms with Gasteiger partial charge in [-0.15, -0.1) is 0 Å². The first-order valence-electron chi connectivity index (χ1n) is 12.5. The molecule has 2 aliphatic heterocycles. The number of halogens is 2. The fraction of sp³-hybridized carbons (Fsp3) is 0.333. The smallest absolute Gasteiger partial charge is 0.225 e. The van der Waals surface area contributed by atoms with E-state index in [4.69, 9.17) is 0 Å². The number of H-pyrrole nitrogens is 1. The molecular weight excluding hydrogens is 478 g/mol. The van der Waals surface area contributed by atoms with Crippen molar-refractivity contribution in [2.24, 2.45) is 0 Å². The molecule has 0 unspecified atom stereocenters. The molecule has 0 bridgehead atoms. The molecule has 5 heterocycles. The Morgan fingerprint density at radius 3 is 2.38 bits per heavy atom. The third-order valence-electron chi connectivity index (χ3n) is 7.24. The molecule has 0 atom stereocenters. The number of nitrogens with one attached hydrogen (secondary N) is 1. The van der Waals surface area contributed by atoms with Gasteiger partial charge >= 0.3 is 0 Å². The number of aliphatic hydroxyl groups excluding tert-OH is 1. The van der Waals surface area contributed by atoms with E-state index >= 15 is 4.39 Å². The predicted octanol–water partition coefficient (Wildman–Crippen LogP) is 4.09. The lowest BCUT2D eigenvalue weighted by molar-refractivity contribution is 0.103. The first-order valence-corrected chi connectivity index (χ1v) is 12.5. The second-order valence-electron chi connectivity index (χ2n) is 9.59. The van der Waals surface area contributed by atoms with E-state index in [9.17, 15) is 14.3 Å². The van der Waals surface area contributed by atoms with Crippen LogP contribution < -0.4 is 9.80 Å². The molecule has 10 heteroatoms. The zero-order valence-electron chi connectivity index (χ0n) is 20.1. The second-order valence-corrected chi connectivity index (χ2v) is 9.59. The summed E-state index contributed by atoms with van der Waals surface area (Å²) in [6, 6.07) is 4.31. The maximum absolute atomic E-state index is 15.4. The minimum absolute atomic E-state index is 0.144. The van der Waals surface area contributed by atoms with Gasteiger partial charge in [0.25, 0.3) is 0 Å². The van der Waals surface area contributed by atoms with Gasteiger partial charge in [-0.2, -0.15) is 0 Å². The number of nitrogens with zero attached hydrogens (tertiary/aromatic N) is 5. The van der Waals surface area contributed by atoms with Crippen LogP contribution in [-0.2, 0) is 0 Å². The summed E-state index contributed by atoms with van der Waals surface area (Å²) in [6.45, 7) is 2.73. The molecule has 2 aliphatic rings. The molecule has 0 amide bonds. The molecule has 190 valence electrons. The third kappa shape index (κ3) is 4.31. The summed E-state index contributed by atoms with van der Waals surface area (Å²) < 4.78 is 30.2. The first kappa shape index (κ1) is 23.5. The summed E-state index contributed by atoms with van der Waals surface area (Å²) in [7, 11) is 0. The summed E-state index contributed by atoms with van der Waals surface area (Å²) in [4.78, 5) is 33.6. The largest absolute Gasteiger partial charge is 0.393 e. The molecule has 2 fully saturated rings. The molecule has 2 N–H and O–H groups in total. The molecule has 2 saturated heterocycles. The lowest BCUT2D eigenvalue weighted by Crippen LogP contribution is -2.36. The number of fused-ring (bicyclic) bond motifs is 1. The van der Waals surface area contributed by atoms with Gasteiger partial charge in [0, 0.05) is 73.0 Å². The van der Waals surface area contributed by atoms with Crippen LogP contribution in [0.2, 0.25) is 0 Å². The zero-order valence-corrected chi connectivity index (χ0v) is 20.1. The van der Waals surface area contributed by atoms with Crippen LogP contribution in [0.4, 0.5) is 20.4 Å². The van der Waals surface area contributed by atoms with Crippen LogP contribution >= 0.6 is 0 Å². The van der Waals surface area contributed by atoms with Gasteiger partial charge in [0.05, 0.1) is 17.4 Å². The highest BCUT2D eigenvalue weighted by Gasteiger charge is 2.27. The standard InChI is InChI=1S/C27H26F2N6O2/c28-21-3-4-22(34-7-1-2-8-34)24(29)23(21)25(37)20-15-31-26-19(20)11-16(12-30-26)17-13-32-27(33-14-17)35-9-5-18(36)6-10-35/h3-4,11-15,18,36H,1-2,5-10H2,(H,30,31). The maximum Gasteiger partial charge on any atom is 0.225 e. The highest BCUT2D eigenvalue weighted by Crippen LogP contribution is 2.31. The molecule has 0 saturated carbocycles. The molecule has 1 aromatic carbocycles. The Balaban J connectivity index is 1.32. The quantitative estimate of drug-likeness (QED) is 0.395. The number of carbonyl (C=O) groups is 1. The summed E-state index contributed by atoms with van der Waals surface area (Å²) in [5, 5.41) is 10.2. The zero-order chi connectivity index (χ0) is 25.5. The first-order chi connectivity index (χ1) is 18.0. The van der Waals surface area contributed by atoms with Gasteiger partial charge in [0.15, 0.2) is 5.82 Å². The van der Waals surface area contributed by atoms with Crippen LogP contribution in [0, 0.1) is 11.6 Å². The van der Waals surface area contributed by atoms with Crippen molar-refractivity contribution in [3.63, 3.8) is 0 Å². The van der Waals surface area contributed by atoms with E-state index in [0.29, 0.717) is 67.1 Å². The highest BCUT2D eigenvalue weighted by molar-refractivity contribution is 6.16. The van der Waals surface area contributed by atoms with Crippen LogP contribution in [0.5, 0.6) is 0 Å². The molecule has 4 aromatic rings. The van der Waals surface area contributed by atoms with Crippen molar-refractivity contribution in [1.29, 1.82) is 0 Å². The molecule has 3 aromatic heterocycles.